The molecule has 1 amide bonds. The normalized spacial score (nSPS) is 39.4. The highest BCUT2D eigenvalue weighted by Crippen LogP contribution is 2.19. The second-order valence-corrected chi connectivity index (χ2v) is 3.68. The molecule has 0 aromatic rings. The molecule has 1 unspecified atom stereocenters. The molecule has 1 aliphatic rings. The Kier molecular flexibility index (Phi) is 4.63. The average Bonchev–Trinajstić information content (AvgIpc) is 2.28. The highest BCUT2D eigenvalue weighted by atomic mass is 16.6. The van der Waals surface area contributed by atoms with Crippen LogP contribution in [0, 0.1) is 0 Å². The van der Waals surface area contributed by atoms with Crippen LogP contribution in [-0.4, -0.2) is 63.6 Å². The van der Waals surface area contributed by atoms with Crippen molar-refractivity contribution in [1.82, 2.24) is 5.32 Å². The summed E-state index contributed by atoms with van der Waals surface area (Å²) in [6, 6.07) is -1.09. The zero-order valence-electron chi connectivity index (χ0n) is 8.91. The first-order chi connectivity index (χ1) is 7.51. The van der Waals surface area contributed by atoms with E-state index in [1.54, 1.807) is 6.92 Å². The fourth-order valence-corrected chi connectivity index (χ4v) is 1.54. The van der Waals surface area contributed by atoms with E-state index in [9.17, 15) is 20.1 Å². The fourth-order valence-electron chi connectivity index (χ4n) is 1.54. The van der Waals surface area contributed by atoms with Crippen LogP contribution in [0.1, 0.15) is 13.3 Å². The molecular formula is C9H17NO6. The van der Waals surface area contributed by atoms with Crippen molar-refractivity contribution >= 4 is 5.91 Å². The lowest BCUT2D eigenvalue weighted by Crippen LogP contribution is -2.64. The maximum Gasteiger partial charge on any atom is 0.220 e. The molecule has 94 valence electrons. The lowest BCUT2D eigenvalue weighted by molar-refractivity contribution is -0.253. The van der Waals surface area contributed by atoms with Gasteiger partial charge in [0.05, 0.1) is 6.61 Å². The van der Waals surface area contributed by atoms with Crippen LogP contribution in [0.4, 0.5) is 0 Å². The highest BCUT2D eigenvalue weighted by Gasteiger charge is 2.44. The third-order valence-corrected chi connectivity index (χ3v) is 2.55. The predicted octanol–water partition coefficient (Wildman–Crippen LogP) is -2.69. The van der Waals surface area contributed by atoms with E-state index in [0.717, 1.165) is 0 Å². The van der Waals surface area contributed by atoms with E-state index >= 15 is 0 Å². The van der Waals surface area contributed by atoms with Gasteiger partial charge in [0, 0.05) is 6.42 Å². The molecular weight excluding hydrogens is 218 g/mol. The van der Waals surface area contributed by atoms with E-state index in [4.69, 9.17) is 9.84 Å². The lowest BCUT2D eigenvalue weighted by Gasteiger charge is -2.40. The summed E-state index contributed by atoms with van der Waals surface area (Å²) < 4.78 is 4.86. The molecule has 0 saturated carbocycles. The number of carbonyl (C=O) groups is 1. The highest BCUT2D eigenvalue weighted by molar-refractivity contribution is 5.76. The third-order valence-electron chi connectivity index (χ3n) is 2.55. The molecule has 7 nitrogen and oxygen atoms in total. The maximum atomic E-state index is 11.1. The number of carbonyl (C=O) groups excluding carboxylic acids is 1. The van der Waals surface area contributed by atoms with Gasteiger partial charge in [0.1, 0.15) is 24.4 Å². The Morgan fingerprint density at radius 3 is 2.44 bits per heavy atom. The Labute approximate surface area is 92.7 Å². The van der Waals surface area contributed by atoms with Crippen LogP contribution in [0.15, 0.2) is 0 Å². The fraction of sp³-hybridized carbons (Fsp3) is 0.889. The molecule has 0 radical (unpaired) electrons. The van der Waals surface area contributed by atoms with Crippen molar-refractivity contribution in [2.24, 2.45) is 0 Å². The van der Waals surface area contributed by atoms with Crippen molar-refractivity contribution in [1.29, 1.82) is 0 Å². The van der Waals surface area contributed by atoms with Crippen molar-refractivity contribution in [3.05, 3.63) is 0 Å². The summed E-state index contributed by atoms with van der Waals surface area (Å²) in [6.45, 7) is 1.09. The molecule has 1 saturated heterocycles. The second-order valence-electron chi connectivity index (χ2n) is 3.68. The number of ether oxygens (including phenoxy) is 1. The molecule has 0 aliphatic carbocycles. The molecule has 16 heavy (non-hydrogen) atoms. The minimum atomic E-state index is -1.45. The quantitative estimate of drug-likeness (QED) is 0.363. The van der Waals surface area contributed by atoms with Gasteiger partial charge in [-0.3, -0.25) is 4.79 Å². The molecule has 7 heteroatoms. The van der Waals surface area contributed by atoms with Crippen molar-refractivity contribution in [2.45, 2.75) is 44.0 Å². The van der Waals surface area contributed by atoms with Gasteiger partial charge >= 0.3 is 0 Å². The molecule has 1 fully saturated rings. The summed E-state index contributed by atoms with van der Waals surface area (Å²) >= 11 is 0. The zero-order chi connectivity index (χ0) is 12.3. The summed E-state index contributed by atoms with van der Waals surface area (Å²) in [5, 5.41) is 39.8. The van der Waals surface area contributed by atoms with Crippen molar-refractivity contribution in [2.75, 3.05) is 6.61 Å². The Bertz CT molecular complexity index is 248. The molecule has 0 aromatic carbocycles. The van der Waals surface area contributed by atoms with Crippen molar-refractivity contribution in [3.8, 4) is 0 Å². The largest absolute Gasteiger partial charge is 0.394 e. The van der Waals surface area contributed by atoms with Crippen molar-refractivity contribution < 1.29 is 30.0 Å². The van der Waals surface area contributed by atoms with Gasteiger partial charge in [-0.25, -0.2) is 0 Å². The number of hydrogen-bond donors (Lipinski definition) is 5. The van der Waals surface area contributed by atoms with Crippen LogP contribution in [0.25, 0.3) is 0 Å². The summed E-state index contributed by atoms with van der Waals surface area (Å²) in [4.78, 5) is 11.1. The Hall–Kier alpha value is -0.730. The Morgan fingerprint density at radius 2 is 1.94 bits per heavy atom. The van der Waals surface area contributed by atoms with Gasteiger partial charge in [-0.05, 0) is 0 Å². The molecule has 5 N–H and O–H groups in total. The van der Waals surface area contributed by atoms with Gasteiger partial charge < -0.3 is 30.5 Å². The summed E-state index contributed by atoms with van der Waals surface area (Å²) in [6.07, 6.45) is -5.05. The van der Waals surface area contributed by atoms with Crippen molar-refractivity contribution in [3.63, 3.8) is 0 Å². The van der Waals surface area contributed by atoms with Gasteiger partial charge in [0.15, 0.2) is 6.29 Å². The third kappa shape index (κ3) is 2.69. The number of nitrogens with one attached hydrogen (secondary N) is 1. The number of aliphatic hydroxyl groups is 4. The number of amides is 1. The lowest BCUT2D eigenvalue weighted by atomic mass is 9.97. The molecule has 0 spiro atoms. The SMILES string of the molecule is CCC(=O)N[C@@H]1[C@@H](O)[C@H](O)C(CO)O[C@@H]1O. The minimum absolute atomic E-state index is 0.190. The monoisotopic (exact) mass is 235 g/mol. The van der Waals surface area contributed by atoms with E-state index in [-0.39, 0.29) is 12.3 Å². The standard InChI is InChI=1S/C9H17NO6/c1-2-5(12)10-6-8(14)7(13)4(3-11)16-9(6)15/h4,6-9,11,13-15H,2-3H2,1H3,(H,10,12)/t4?,6-,7-,8-,9+/m1/s1. The van der Waals surface area contributed by atoms with Crippen LogP contribution < -0.4 is 5.32 Å². The molecule has 0 aromatic heterocycles. The summed E-state index contributed by atoms with van der Waals surface area (Å²) in [7, 11) is 0. The Morgan fingerprint density at radius 1 is 1.31 bits per heavy atom. The van der Waals surface area contributed by atoms with E-state index in [0.29, 0.717) is 0 Å². The number of hydrogen-bond acceptors (Lipinski definition) is 6. The second kappa shape index (κ2) is 5.55. The van der Waals surface area contributed by atoms with E-state index in [2.05, 4.69) is 5.32 Å². The van der Waals surface area contributed by atoms with Crippen LogP contribution in [0.3, 0.4) is 0 Å². The predicted molar refractivity (Wildman–Crippen MR) is 52.2 cm³/mol. The van der Waals surface area contributed by atoms with Gasteiger partial charge in [-0.1, -0.05) is 6.92 Å². The number of aliphatic hydroxyl groups excluding tert-OH is 4. The zero-order valence-corrected chi connectivity index (χ0v) is 8.91. The topological polar surface area (TPSA) is 119 Å². The van der Waals surface area contributed by atoms with E-state index in [1.807, 2.05) is 0 Å². The molecule has 1 aliphatic heterocycles. The van der Waals surface area contributed by atoms with Gasteiger partial charge in [-0.2, -0.15) is 0 Å². The first-order valence-corrected chi connectivity index (χ1v) is 5.11. The number of rotatable bonds is 3. The summed E-state index contributed by atoms with van der Waals surface area (Å²) in [5.41, 5.74) is 0. The molecule has 1 rings (SSSR count). The minimum Gasteiger partial charge on any atom is -0.394 e. The van der Waals surface area contributed by atoms with E-state index in [1.165, 1.54) is 0 Å². The first kappa shape index (κ1) is 13.3. The molecule has 0 bridgehead atoms. The van der Waals surface area contributed by atoms with Gasteiger partial charge in [-0.15, -0.1) is 0 Å². The molecule has 5 atom stereocenters. The van der Waals surface area contributed by atoms with Gasteiger partial charge in [0.2, 0.25) is 5.91 Å². The molecule has 1 heterocycles. The first-order valence-electron chi connectivity index (χ1n) is 5.11. The summed E-state index contributed by atoms with van der Waals surface area (Å²) in [5.74, 6) is -0.374. The smallest absolute Gasteiger partial charge is 0.220 e. The van der Waals surface area contributed by atoms with Crippen LogP contribution in [0.5, 0.6) is 0 Å². The maximum absolute atomic E-state index is 11.1. The van der Waals surface area contributed by atoms with Crippen LogP contribution in [0.2, 0.25) is 0 Å². The Balaban J connectivity index is 2.67. The van der Waals surface area contributed by atoms with Crippen LogP contribution >= 0.6 is 0 Å². The van der Waals surface area contributed by atoms with E-state index < -0.39 is 37.3 Å². The van der Waals surface area contributed by atoms with Crippen LogP contribution in [-0.2, 0) is 9.53 Å². The van der Waals surface area contributed by atoms with Gasteiger partial charge in [0.25, 0.3) is 0 Å². The average molecular weight is 235 g/mol.